The maximum absolute atomic E-state index is 13.2. The number of pyridine rings is 1. The minimum absolute atomic E-state index is 0.126. The fraction of sp³-hybridized carbons (Fsp3) is 0.211. The molecule has 2 aromatic heterocycles. The van der Waals surface area contributed by atoms with E-state index in [1.54, 1.807) is 6.07 Å². The quantitative estimate of drug-likeness (QED) is 0.604. The topological polar surface area (TPSA) is 111 Å². The van der Waals surface area contributed by atoms with E-state index in [0.29, 0.717) is 11.3 Å². The summed E-state index contributed by atoms with van der Waals surface area (Å²) in [4.78, 5) is 15.4. The lowest BCUT2D eigenvalue weighted by atomic mass is 9.95. The average molecular weight is 437 g/mol. The van der Waals surface area contributed by atoms with Gasteiger partial charge in [-0.3, -0.25) is 9.67 Å². The van der Waals surface area contributed by atoms with Gasteiger partial charge in [0, 0.05) is 29.1 Å². The van der Waals surface area contributed by atoms with Crippen molar-refractivity contribution in [1.82, 2.24) is 14.8 Å². The summed E-state index contributed by atoms with van der Waals surface area (Å²) in [6.07, 6.45) is 0.807. The largest absolute Gasteiger partial charge is 0.494 e. The molecule has 0 aliphatic rings. The molecule has 158 valence electrons. The monoisotopic (exact) mass is 437 g/mol. The maximum Gasteiger partial charge on any atom is 0.336 e. The lowest BCUT2D eigenvalue weighted by Gasteiger charge is -2.13. The van der Waals surface area contributed by atoms with Crippen molar-refractivity contribution in [2.75, 3.05) is 13.4 Å². The normalized spacial score (nSPS) is 11.6. The Bertz CT molecular complexity index is 1210. The van der Waals surface area contributed by atoms with Crippen LogP contribution in [0.5, 0.6) is 5.75 Å². The molecule has 0 saturated heterocycles. The number of hydrogen-bond acceptors (Lipinski definition) is 6. The Balaban J connectivity index is 2.16. The molecular weight excluding hydrogens is 420 g/mol. The van der Waals surface area contributed by atoms with Crippen LogP contribution in [0.1, 0.15) is 22.5 Å². The van der Waals surface area contributed by atoms with Crippen LogP contribution in [0.15, 0.2) is 42.7 Å². The number of ether oxygens (including phenoxy) is 1. The molecule has 0 bridgehead atoms. The number of carboxylic acid groups (broad SMARTS) is 1. The molecule has 1 aromatic carbocycles. The summed E-state index contributed by atoms with van der Waals surface area (Å²) >= 11 is 0. The Labute approximate surface area is 170 Å². The molecule has 3 aromatic rings. The van der Waals surface area contributed by atoms with Crippen LogP contribution in [0.25, 0.3) is 22.4 Å². The van der Waals surface area contributed by atoms with E-state index in [9.17, 15) is 27.1 Å². The first-order chi connectivity index (χ1) is 14.1. The average Bonchev–Trinajstić information content (AvgIpc) is 3.13. The smallest absolute Gasteiger partial charge is 0.336 e. The van der Waals surface area contributed by atoms with E-state index < -0.39 is 27.9 Å². The number of methoxy groups -OCH3 is 1. The zero-order valence-electron chi connectivity index (χ0n) is 15.9. The zero-order valence-corrected chi connectivity index (χ0v) is 16.7. The van der Waals surface area contributed by atoms with Gasteiger partial charge in [-0.15, -0.1) is 0 Å². The number of benzene rings is 1. The second-order valence-corrected chi connectivity index (χ2v) is 8.58. The SMILES string of the molecule is COc1cnc(C(F)F)cc1-c1cc(-c2ccn(CS(C)(=O)=O)n2)ccc1C(=O)O. The van der Waals surface area contributed by atoms with Crippen LogP contribution in [0.3, 0.4) is 0 Å². The van der Waals surface area contributed by atoms with Gasteiger partial charge in [0.1, 0.15) is 17.3 Å². The fourth-order valence-electron chi connectivity index (χ4n) is 2.89. The highest BCUT2D eigenvalue weighted by Gasteiger charge is 2.20. The second kappa shape index (κ2) is 8.19. The van der Waals surface area contributed by atoms with Crippen molar-refractivity contribution in [3.05, 3.63) is 54.0 Å². The van der Waals surface area contributed by atoms with Gasteiger partial charge in [-0.25, -0.2) is 22.0 Å². The van der Waals surface area contributed by atoms with Crippen molar-refractivity contribution in [3.8, 4) is 28.1 Å². The van der Waals surface area contributed by atoms with Crippen molar-refractivity contribution in [2.45, 2.75) is 12.3 Å². The fourth-order valence-corrected chi connectivity index (χ4v) is 3.52. The first kappa shape index (κ1) is 21.4. The maximum atomic E-state index is 13.2. The highest BCUT2D eigenvalue weighted by Crippen LogP contribution is 2.36. The Morgan fingerprint density at radius 3 is 2.57 bits per heavy atom. The first-order valence-corrected chi connectivity index (χ1v) is 10.6. The van der Waals surface area contributed by atoms with E-state index >= 15 is 0 Å². The summed E-state index contributed by atoms with van der Waals surface area (Å²) in [7, 11) is -1.99. The number of carbonyl (C=O) groups is 1. The number of halogens is 2. The third-order valence-electron chi connectivity index (χ3n) is 4.18. The van der Waals surface area contributed by atoms with E-state index in [1.165, 1.54) is 36.2 Å². The Morgan fingerprint density at radius 2 is 1.97 bits per heavy atom. The molecule has 0 aliphatic carbocycles. The zero-order chi connectivity index (χ0) is 22.1. The molecule has 2 heterocycles. The van der Waals surface area contributed by atoms with Crippen molar-refractivity contribution in [1.29, 1.82) is 0 Å². The molecule has 0 saturated carbocycles. The van der Waals surface area contributed by atoms with Crippen LogP contribution < -0.4 is 4.74 Å². The molecule has 0 aliphatic heterocycles. The van der Waals surface area contributed by atoms with Crippen LogP contribution in [-0.4, -0.2) is 47.6 Å². The number of aromatic nitrogens is 3. The predicted octanol–water partition coefficient (Wildman–Crippen LogP) is 3.26. The molecule has 3 rings (SSSR count). The molecule has 8 nitrogen and oxygen atoms in total. The summed E-state index contributed by atoms with van der Waals surface area (Å²) in [6.45, 7) is 0. The number of sulfone groups is 1. The van der Waals surface area contributed by atoms with E-state index in [2.05, 4.69) is 10.1 Å². The Kier molecular flexibility index (Phi) is 5.83. The van der Waals surface area contributed by atoms with E-state index in [1.807, 2.05) is 0 Å². The molecule has 0 fully saturated rings. The van der Waals surface area contributed by atoms with Crippen molar-refractivity contribution >= 4 is 15.8 Å². The Morgan fingerprint density at radius 1 is 1.23 bits per heavy atom. The van der Waals surface area contributed by atoms with Crippen LogP contribution >= 0.6 is 0 Å². The molecule has 0 spiro atoms. The summed E-state index contributed by atoms with van der Waals surface area (Å²) in [5.41, 5.74) is 0.485. The number of nitrogens with zero attached hydrogens (tertiary/aromatic N) is 3. The first-order valence-electron chi connectivity index (χ1n) is 8.50. The summed E-state index contributed by atoms with van der Waals surface area (Å²) < 4.78 is 55.6. The highest BCUT2D eigenvalue weighted by atomic mass is 32.2. The van der Waals surface area contributed by atoms with E-state index in [4.69, 9.17) is 4.74 Å². The van der Waals surface area contributed by atoms with Gasteiger partial charge in [-0.2, -0.15) is 5.10 Å². The number of alkyl halides is 2. The molecule has 0 amide bonds. The van der Waals surface area contributed by atoms with Gasteiger partial charge in [-0.05, 0) is 24.3 Å². The van der Waals surface area contributed by atoms with Gasteiger partial charge in [0.2, 0.25) is 0 Å². The van der Waals surface area contributed by atoms with E-state index in [-0.39, 0.29) is 28.3 Å². The standard InChI is InChI=1S/C19H17F2N3O5S/c1-29-17-9-22-16(18(20)21)8-14(17)13-7-11(3-4-12(13)19(25)26)15-5-6-24(23-15)10-30(2,27)28/h3-9,18H,10H2,1-2H3,(H,25,26). The van der Waals surface area contributed by atoms with Crippen LogP contribution in [0.4, 0.5) is 8.78 Å². The molecular formula is C19H17F2N3O5S. The summed E-state index contributed by atoms with van der Waals surface area (Å²) in [6, 6.07) is 6.95. The van der Waals surface area contributed by atoms with Gasteiger partial charge < -0.3 is 9.84 Å². The predicted molar refractivity (Wildman–Crippen MR) is 104 cm³/mol. The summed E-state index contributed by atoms with van der Waals surface area (Å²) in [5.74, 6) is -1.44. The van der Waals surface area contributed by atoms with Crippen molar-refractivity contribution in [3.63, 3.8) is 0 Å². The number of rotatable bonds is 7. The third-order valence-corrected chi connectivity index (χ3v) is 4.91. The lowest BCUT2D eigenvalue weighted by molar-refractivity contribution is 0.0697. The minimum atomic E-state index is -3.31. The Hall–Kier alpha value is -3.34. The summed E-state index contributed by atoms with van der Waals surface area (Å²) in [5, 5.41) is 13.8. The third kappa shape index (κ3) is 4.62. The van der Waals surface area contributed by atoms with Gasteiger partial charge >= 0.3 is 5.97 Å². The molecule has 0 radical (unpaired) electrons. The van der Waals surface area contributed by atoms with Gasteiger partial charge in [0.05, 0.1) is 24.6 Å². The van der Waals surface area contributed by atoms with Crippen LogP contribution in [0.2, 0.25) is 0 Å². The van der Waals surface area contributed by atoms with Gasteiger partial charge in [0.25, 0.3) is 6.43 Å². The van der Waals surface area contributed by atoms with Crippen LogP contribution in [0, 0.1) is 0 Å². The molecule has 0 atom stereocenters. The van der Waals surface area contributed by atoms with E-state index in [0.717, 1.165) is 18.5 Å². The number of aromatic carboxylic acids is 1. The minimum Gasteiger partial charge on any atom is -0.494 e. The van der Waals surface area contributed by atoms with Gasteiger partial charge in [0.15, 0.2) is 9.84 Å². The van der Waals surface area contributed by atoms with Gasteiger partial charge in [-0.1, -0.05) is 6.07 Å². The molecule has 11 heteroatoms. The highest BCUT2D eigenvalue weighted by molar-refractivity contribution is 7.89. The number of carboxylic acids is 1. The molecule has 0 unspecified atom stereocenters. The van der Waals surface area contributed by atoms with Crippen molar-refractivity contribution in [2.24, 2.45) is 0 Å². The second-order valence-electron chi connectivity index (χ2n) is 6.47. The molecule has 1 N–H and O–H groups in total. The van der Waals surface area contributed by atoms with Crippen molar-refractivity contribution < 1.29 is 31.8 Å². The number of hydrogen-bond donors (Lipinski definition) is 1. The molecule has 30 heavy (non-hydrogen) atoms. The van der Waals surface area contributed by atoms with Crippen LogP contribution in [-0.2, 0) is 15.7 Å². The lowest BCUT2D eigenvalue weighted by Crippen LogP contribution is -2.09.